The minimum absolute atomic E-state index is 0.0749. The molecule has 154 valence electrons. The van der Waals surface area contributed by atoms with E-state index in [0.29, 0.717) is 18.9 Å². The Morgan fingerprint density at radius 1 is 1.07 bits per heavy atom. The molecule has 0 aliphatic carbocycles. The maximum atomic E-state index is 9.34. The molecule has 1 aliphatic rings. The molecule has 2 aromatic heterocycles. The maximum absolute atomic E-state index is 9.34. The van der Waals surface area contributed by atoms with Gasteiger partial charge < -0.3 is 19.2 Å². The van der Waals surface area contributed by atoms with Crippen molar-refractivity contribution in [3.63, 3.8) is 0 Å². The molecule has 4 aromatic rings. The van der Waals surface area contributed by atoms with E-state index in [1.54, 1.807) is 0 Å². The van der Waals surface area contributed by atoms with Crippen LogP contribution < -0.4 is 4.74 Å². The van der Waals surface area contributed by atoms with Crippen LogP contribution in [0.25, 0.3) is 10.9 Å². The van der Waals surface area contributed by atoms with Crippen LogP contribution in [0, 0.1) is 0 Å². The normalized spacial score (nSPS) is 16.7. The molecule has 0 spiro atoms. The number of fused-ring (bicyclic) bond motifs is 3. The quantitative estimate of drug-likeness (QED) is 0.486. The van der Waals surface area contributed by atoms with Crippen molar-refractivity contribution in [2.24, 2.45) is 0 Å². The number of hydrogen-bond donors (Lipinski definition) is 2. The number of H-pyrrole nitrogens is 1. The molecule has 0 amide bonds. The maximum Gasteiger partial charge on any atom is 0.129 e. The highest BCUT2D eigenvalue weighted by molar-refractivity contribution is 5.85. The molecule has 0 fully saturated rings. The summed E-state index contributed by atoms with van der Waals surface area (Å²) in [7, 11) is 0. The third-order valence-corrected chi connectivity index (χ3v) is 5.87. The van der Waals surface area contributed by atoms with Crippen molar-refractivity contribution in [1.82, 2.24) is 9.88 Å². The average Bonchev–Trinajstić information content (AvgIpc) is 3.38. The number of ether oxygens (including phenoxy) is 1. The molecule has 0 radical (unpaired) electrons. The smallest absolute Gasteiger partial charge is 0.129 e. The second-order valence-electron chi connectivity index (χ2n) is 7.71. The first kappa shape index (κ1) is 19.0. The minimum Gasteiger partial charge on any atom is -0.494 e. The van der Waals surface area contributed by atoms with Gasteiger partial charge in [-0.2, -0.15) is 0 Å². The highest BCUT2D eigenvalue weighted by Gasteiger charge is 2.32. The number of rotatable bonds is 6. The molecule has 2 N–H and O–H groups in total. The number of aromatic amines is 1. The van der Waals surface area contributed by atoms with Gasteiger partial charge in [0, 0.05) is 23.1 Å². The largest absolute Gasteiger partial charge is 0.494 e. The summed E-state index contributed by atoms with van der Waals surface area (Å²) in [5.74, 6) is 2.36. The van der Waals surface area contributed by atoms with Crippen LogP contribution >= 0.6 is 0 Å². The summed E-state index contributed by atoms with van der Waals surface area (Å²) < 4.78 is 11.4. The van der Waals surface area contributed by atoms with Gasteiger partial charge in [0.25, 0.3) is 0 Å². The summed E-state index contributed by atoms with van der Waals surface area (Å²) in [6.07, 6.45) is 0.987. The Morgan fingerprint density at radius 2 is 1.87 bits per heavy atom. The van der Waals surface area contributed by atoms with Gasteiger partial charge in [-0.15, -0.1) is 0 Å². The van der Waals surface area contributed by atoms with Crippen LogP contribution in [0.4, 0.5) is 0 Å². The molecule has 5 heteroatoms. The van der Waals surface area contributed by atoms with Crippen LogP contribution in [-0.2, 0) is 19.6 Å². The number of aliphatic hydroxyl groups excluding tert-OH is 1. The lowest BCUT2D eigenvalue weighted by Crippen LogP contribution is -2.35. The number of hydrogen-bond acceptors (Lipinski definition) is 4. The Balaban J connectivity index is 1.56. The average molecular weight is 402 g/mol. The van der Waals surface area contributed by atoms with Crippen molar-refractivity contribution < 1.29 is 14.3 Å². The molecule has 1 unspecified atom stereocenters. The Bertz CT molecular complexity index is 1140. The van der Waals surface area contributed by atoms with E-state index in [0.717, 1.165) is 24.5 Å². The fourth-order valence-electron chi connectivity index (χ4n) is 4.54. The number of benzene rings is 2. The highest BCUT2D eigenvalue weighted by Crippen LogP contribution is 2.39. The number of aromatic nitrogens is 1. The van der Waals surface area contributed by atoms with Gasteiger partial charge in [-0.05, 0) is 54.8 Å². The standard InChI is InChI=1S/C25H26N2O3/c1-2-29-18-9-7-17(8-10-18)25-24-22(21-5-3-4-6-23(21)26-24)13-14-27(25)15-19-11-12-20(16-28)30-19/h3-12,25-26,28H,2,13-16H2,1H3. The van der Waals surface area contributed by atoms with E-state index >= 15 is 0 Å². The second-order valence-corrected chi connectivity index (χ2v) is 7.71. The monoisotopic (exact) mass is 402 g/mol. The number of furan rings is 1. The molecular formula is C25H26N2O3. The summed E-state index contributed by atoms with van der Waals surface area (Å²) in [6, 6.07) is 20.8. The molecular weight excluding hydrogens is 376 g/mol. The van der Waals surface area contributed by atoms with Crippen molar-refractivity contribution in [3.8, 4) is 5.75 Å². The van der Waals surface area contributed by atoms with Gasteiger partial charge in [-0.3, -0.25) is 4.90 Å². The lowest BCUT2D eigenvalue weighted by Gasteiger charge is -2.35. The van der Waals surface area contributed by atoms with E-state index in [2.05, 4.69) is 46.3 Å². The van der Waals surface area contributed by atoms with Crippen LogP contribution in [0.5, 0.6) is 5.75 Å². The third-order valence-electron chi connectivity index (χ3n) is 5.87. The van der Waals surface area contributed by atoms with Gasteiger partial charge in [0.2, 0.25) is 0 Å². The molecule has 30 heavy (non-hydrogen) atoms. The van der Waals surface area contributed by atoms with Crippen LogP contribution in [0.1, 0.15) is 41.3 Å². The molecule has 1 atom stereocenters. The summed E-state index contributed by atoms with van der Waals surface area (Å²) in [5.41, 5.74) is 5.05. The number of para-hydroxylation sites is 1. The first-order valence-corrected chi connectivity index (χ1v) is 10.5. The molecule has 0 saturated heterocycles. The molecule has 5 rings (SSSR count). The molecule has 2 aromatic carbocycles. The predicted octanol–water partition coefficient (Wildman–Crippen LogP) is 4.80. The highest BCUT2D eigenvalue weighted by atomic mass is 16.5. The van der Waals surface area contributed by atoms with Gasteiger partial charge >= 0.3 is 0 Å². The molecule has 0 saturated carbocycles. The molecule has 5 nitrogen and oxygen atoms in total. The Morgan fingerprint density at radius 3 is 2.63 bits per heavy atom. The van der Waals surface area contributed by atoms with Crippen molar-refractivity contribution in [3.05, 3.63) is 89.0 Å². The van der Waals surface area contributed by atoms with Crippen molar-refractivity contribution in [2.45, 2.75) is 32.5 Å². The SMILES string of the molecule is CCOc1ccc(C2c3[nH]c4ccccc4c3CCN2Cc2ccc(CO)o2)cc1. The van der Waals surface area contributed by atoms with Crippen LogP contribution in [-0.4, -0.2) is 28.1 Å². The minimum atomic E-state index is -0.0749. The number of aliphatic hydroxyl groups is 1. The van der Waals surface area contributed by atoms with E-state index in [1.165, 1.54) is 27.7 Å². The van der Waals surface area contributed by atoms with Crippen molar-refractivity contribution >= 4 is 10.9 Å². The van der Waals surface area contributed by atoms with Gasteiger partial charge in [0.15, 0.2) is 0 Å². The van der Waals surface area contributed by atoms with Gasteiger partial charge in [-0.1, -0.05) is 30.3 Å². The zero-order chi connectivity index (χ0) is 20.5. The summed E-state index contributed by atoms with van der Waals surface area (Å²) in [6.45, 7) is 4.20. The first-order valence-electron chi connectivity index (χ1n) is 10.5. The zero-order valence-electron chi connectivity index (χ0n) is 17.1. The topological polar surface area (TPSA) is 61.6 Å². The summed E-state index contributed by atoms with van der Waals surface area (Å²) in [5, 5.41) is 10.7. The molecule has 3 heterocycles. The van der Waals surface area contributed by atoms with Gasteiger partial charge in [0.05, 0.1) is 19.2 Å². The van der Waals surface area contributed by atoms with Gasteiger partial charge in [0.1, 0.15) is 23.9 Å². The van der Waals surface area contributed by atoms with E-state index in [1.807, 2.05) is 31.2 Å². The number of nitrogens with one attached hydrogen (secondary N) is 1. The van der Waals surface area contributed by atoms with Crippen LogP contribution in [0.3, 0.4) is 0 Å². The van der Waals surface area contributed by atoms with E-state index in [-0.39, 0.29) is 12.6 Å². The molecule has 0 bridgehead atoms. The van der Waals surface area contributed by atoms with Gasteiger partial charge in [-0.25, -0.2) is 0 Å². The van der Waals surface area contributed by atoms with Crippen molar-refractivity contribution in [1.29, 1.82) is 0 Å². The summed E-state index contributed by atoms with van der Waals surface area (Å²) in [4.78, 5) is 6.13. The summed E-state index contributed by atoms with van der Waals surface area (Å²) >= 11 is 0. The van der Waals surface area contributed by atoms with E-state index in [9.17, 15) is 5.11 Å². The predicted molar refractivity (Wildman–Crippen MR) is 116 cm³/mol. The Labute approximate surface area is 175 Å². The number of nitrogens with zero attached hydrogens (tertiary/aromatic N) is 1. The third kappa shape index (κ3) is 3.40. The Kier molecular flexibility index (Phi) is 5.07. The lowest BCUT2D eigenvalue weighted by molar-refractivity contribution is 0.179. The fraction of sp³-hybridized carbons (Fsp3) is 0.280. The van der Waals surface area contributed by atoms with Crippen LogP contribution in [0.15, 0.2) is 65.1 Å². The fourth-order valence-corrected chi connectivity index (χ4v) is 4.54. The van der Waals surface area contributed by atoms with Crippen molar-refractivity contribution in [2.75, 3.05) is 13.2 Å². The second kappa shape index (κ2) is 8.01. The van der Waals surface area contributed by atoms with E-state index < -0.39 is 0 Å². The molecule has 1 aliphatic heterocycles. The first-order chi connectivity index (χ1) is 14.8. The van der Waals surface area contributed by atoms with E-state index in [4.69, 9.17) is 9.15 Å². The Hall–Kier alpha value is -3.02. The van der Waals surface area contributed by atoms with Crippen LogP contribution in [0.2, 0.25) is 0 Å². The lowest BCUT2D eigenvalue weighted by atomic mass is 9.92. The zero-order valence-corrected chi connectivity index (χ0v) is 17.1.